The minimum atomic E-state index is 0. The highest BCUT2D eigenvalue weighted by molar-refractivity contribution is 5.85. The van der Waals surface area contributed by atoms with Crippen LogP contribution in [-0.4, -0.2) is 20.2 Å². The van der Waals surface area contributed by atoms with Crippen molar-refractivity contribution in [3.8, 4) is 5.75 Å². The van der Waals surface area contributed by atoms with E-state index in [0.29, 0.717) is 5.92 Å². The van der Waals surface area contributed by atoms with Gasteiger partial charge in [-0.15, -0.1) is 12.4 Å². The first-order chi connectivity index (χ1) is 6.75. The van der Waals surface area contributed by atoms with Crippen molar-refractivity contribution in [1.29, 1.82) is 0 Å². The summed E-state index contributed by atoms with van der Waals surface area (Å²) in [6, 6.07) is 8.23. The molecular formula is C12H20ClNO. The van der Waals surface area contributed by atoms with E-state index in [1.807, 2.05) is 19.2 Å². The molecule has 1 aromatic rings. The molecular weight excluding hydrogens is 210 g/mol. The lowest BCUT2D eigenvalue weighted by Gasteiger charge is -2.13. The van der Waals surface area contributed by atoms with Crippen LogP contribution in [0.4, 0.5) is 0 Å². The quantitative estimate of drug-likeness (QED) is 0.785. The van der Waals surface area contributed by atoms with Crippen LogP contribution in [0, 0.1) is 0 Å². The zero-order chi connectivity index (χ0) is 10.4. The Labute approximate surface area is 98.4 Å². The van der Waals surface area contributed by atoms with Crippen molar-refractivity contribution in [2.75, 3.05) is 20.2 Å². The first-order valence-corrected chi connectivity index (χ1v) is 5.12. The topological polar surface area (TPSA) is 21.3 Å². The molecule has 1 aromatic carbocycles. The Morgan fingerprint density at radius 2 is 1.93 bits per heavy atom. The maximum absolute atomic E-state index is 5.68. The lowest BCUT2D eigenvalue weighted by Crippen LogP contribution is -2.16. The van der Waals surface area contributed by atoms with Crippen molar-refractivity contribution < 1.29 is 4.74 Å². The van der Waals surface area contributed by atoms with Gasteiger partial charge in [0.15, 0.2) is 0 Å². The van der Waals surface area contributed by atoms with Crippen LogP contribution in [0.15, 0.2) is 24.3 Å². The van der Waals surface area contributed by atoms with E-state index >= 15 is 0 Å². The number of ether oxygens (including phenoxy) is 1. The summed E-state index contributed by atoms with van der Waals surface area (Å²) in [5.74, 6) is 1.53. The Bertz CT molecular complexity index is 276. The minimum Gasteiger partial charge on any atom is -0.492 e. The number of nitrogens with one attached hydrogen (secondary N) is 1. The summed E-state index contributed by atoms with van der Waals surface area (Å²) >= 11 is 0. The van der Waals surface area contributed by atoms with Crippen LogP contribution in [0.5, 0.6) is 5.75 Å². The second-order valence-corrected chi connectivity index (χ2v) is 3.64. The molecule has 0 saturated heterocycles. The van der Waals surface area contributed by atoms with Crippen LogP contribution < -0.4 is 10.1 Å². The fraction of sp³-hybridized carbons (Fsp3) is 0.500. The monoisotopic (exact) mass is 229 g/mol. The van der Waals surface area contributed by atoms with Crippen LogP contribution in [0.3, 0.4) is 0 Å². The third-order valence-electron chi connectivity index (χ3n) is 2.15. The van der Waals surface area contributed by atoms with Crippen molar-refractivity contribution in [3.05, 3.63) is 29.8 Å². The van der Waals surface area contributed by atoms with Crippen LogP contribution in [0.2, 0.25) is 0 Å². The van der Waals surface area contributed by atoms with Gasteiger partial charge in [0.2, 0.25) is 0 Å². The molecule has 0 aliphatic heterocycles. The zero-order valence-electron chi connectivity index (χ0n) is 9.62. The van der Waals surface area contributed by atoms with E-state index in [-0.39, 0.29) is 12.4 Å². The first kappa shape index (κ1) is 14.3. The van der Waals surface area contributed by atoms with Gasteiger partial charge >= 0.3 is 0 Å². The van der Waals surface area contributed by atoms with E-state index in [0.717, 1.165) is 18.9 Å². The van der Waals surface area contributed by atoms with Gasteiger partial charge in [0, 0.05) is 6.54 Å². The molecule has 3 heteroatoms. The highest BCUT2D eigenvalue weighted by atomic mass is 35.5. The number of benzene rings is 1. The van der Waals surface area contributed by atoms with Gasteiger partial charge in [-0.2, -0.15) is 0 Å². The molecule has 1 N–H and O–H groups in total. The Morgan fingerprint density at radius 3 is 2.53 bits per heavy atom. The number of hydrogen-bond donors (Lipinski definition) is 1. The van der Waals surface area contributed by atoms with E-state index in [1.54, 1.807) is 0 Å². The molecule has 0 aliphatic carbocycles. The molecule has 0 unspecified atom stereocenters. The average molecular weight is 230 g/mol. The number of halogens is 1. The van der Waals surface area contributed by atoms with Crippen LogP contribution >= 0.6 is 12.4 Å². The summed E-state index contributed by atoms with van der Waals surface area (Å²) in [5, 5.41) is 3.06. The van der Waals surface area contributed by atoms with Crippen molar-refractivity contribution in [1.82, 2.24) is 5.32 Å². The van der Waals surface area contributed by atoms with E-state index in [4.69, 9.17) is 4.74 Å². The maximum atomic E-state index is 5.68. The SMILES string of the molecule is CNCCOc1ccccc1C(C)C.Cl. The standard InChI is InChI=1S/C12H19NO.ClH/c1-10(2)11-6-4-5-7-12(11)14-9-8-13-3;/h4-7,10,13H,8-9H2,1-3H3;1H. The summed E-state index contributed by atoms with van der Waals surface area (Å²) in [6.07, 6.45) is 0. The van der Waals surface area contributed by atoms with Crippen molar-refractivity contribution in [2.45, 2.75) is 19.8 Å². The number of para-hydroxylation sites is 1. The molecule has 0 amide bonds. The molecule has 0 bridgehead atoms. The molecule has 0 radical (unpaired) electrons. The van der Waals surface area contributed by atoms with Gasteiger partial charge in [0.05, 0.1) is 0 Å². The van der Waals surface area contributed by atoms with Gasteiger partial charge in [-0.25, -0.2) is 0 Å². The molecule has 0 fully saturated rings. The van der Waals surface area contributed by atoms with Gasteiger partial charge in [-0.3, -0.25) is 0 Å². The van der Waals surface area contributed by atoms with E-state index in [2.05, 4.69) is 31.3 Å². The minimum absolute atomic E-state index is 0. The second kappa shape index (κ2) is 7.55. The van der Waals surface area contributed by atoms with E-state index in [1.165, 1.54) is 5.56 Å². The van der Waals surface area contributed by atoms with Crippen LogP contribution in [0.1, 0.15) is 25.3 Å². The first-order valence-electron chi connectivity index (χ1n) is 5.12. The summed E-state index contributed by atoms with van der Waals surface area (Å²) in [4.78, 5) is 0. The Hall–Kier alpha value is -0.730. The molecule has 1 rings (SSSR count). The third-order valence-corrected chi connectivity index (χ3v) is 2.15. The van der Waals surface area contributed by atoms with Crippen molar-refractivity contribution >= 4 is 12.4 Å². The molecule has 0 atom stereocenters. The normalized spacial score (nSPS) is 9.87. The van der Waals surface area contributed by atoms with Crippen LogP contribution in [-0.2, 0) is 0 Å². The third kappa shape index (κ3) is 4.54. The number of hydrogen-bond acceptors (Lipinski definition) is 2. The summed E-state index contributed by atoms with van der Waals surface area (Å²) in [5.41, 5.74) is 1.28. The highest BCUT2D eigenvalue weighted by Crippen LogP contribution is 2.25. The molecule has 0 aromatic heterocycles. The number of likely N-dealkylation sites (N-methyl/N-ethyl adjacent to an activating group) is 1. The fourth-order valence-corrected chi connectivity index (χ4v) is 1.35. The lowest BCUT2D eigenvalue weighted by molar-refractivity contribution is 0.314. The van der Waals surface area contributed by atoms with E-state index in [9.17, 15) is 0 Å². The molecule has 0 heterocycles. The molecule has 0 aliphatic rings. The maximum Gasteiger partial charge on any atom is 0.122 e. The Kier molecular flexibility index (Phi) is 7.18. The number of rotatable bonds is 5. The van der Waals surface area contributed by atoms with E-state index < -0.39 is 0 Å². The largest absolute Gasteiger partial charge is 0.492 e. The molecule has 86 valence electrons. The Balaban J connectivity index is 0.00000196. The highest BCUT2D eigenvalue weighted by Gasteiger charge is 2.05. The molecule has 0 saturated carbocycles. The fourth-order valence-electron chi connectivity index (χ4n) is 1.35. The molecule has 15 heavy (non-hydrogen) atoms. The van der Waals surface area contributed by atoms with Crippen molar-refractivity contribution in [3.63, 3.8) is 0 Å². The predicted molar refractivity (Wildman–Crippen MR) is 67.2 cm³/mol. The van der Waals surface area contributed by atoms with Gasteiger partial charge in [0.25, 0.3) is 0 Å². The lowest BCUT2D eigenvalue weighted by atomic mass is 10.0. The molecule has 0 spiro atoms. The summed E-state index contributed by atoms with van der Waals surface area (Å²) < 4.78 is 5.68. The second-order valence-electron chi connectivity index (χ2n) is 3.64. The smallest absolute Gasteiger partial charge is 0.122 e. The zero-order valence-corrected chi connectivity index (χ0v) is 10.4. The van der Waals surface area contributed by atoms with Gasteiger partial charge in [-0.05, 0) is 24.6 Å². The summed E-state index contributed by atoms with van der Waals surface area (Å²) in [6.45, 7) is 5.97. The van der Waals surface area contributed by atoms with Gasteiger partial charge in [-0.1, -0.05) is 32.0 Å². The predicted octanol–water partition coefficient (Wildman–Crippen LogP) is 2.83. The van der Waals surface area contributed by atoms with Crippen LogP contribution in [0.25, 0.3) is 0 Å². The van der Waals surface area contributed by atoms with Crippen molar-refractivity contribution in [2.24, 2.45) is 0 Å². The Morgan fingerprint density at radius 1 is 1.27 bits per heavy atom. The summed E-state index contributed by atoms with van der Waals surface area (Å²) in [7, 11) is 1.93. The van der Waals surface area contributed by atoms with Gasteiger partial charge < -0.3 is 10.1 Å². The molecule has 2 nitrogen and oxygen atoms in total. The average Bonchev–Trinajstić information content (AvgIpc) is 2.19. The van der Waals surface area contributed by atoms with Gasteiger partial charge in [0.1, 0.15) is 12.4 Å².